The van der Waals surface area contributed by atoms with Gasteiger partial charge in [0.15, 0.2) is 9.84 Å². The summed E-state index contributed by atoms with van der Waals surface area (Å²) in [6.45, 7) is 0. The molecule has 2 aromatic rings. The molecule has 2 N–H and O–H groups in total. The quantitative estimate of drug-likeness (QED) is 0.884. The van der Waals surface area contributed by atoms with Crippen LogP contribution in [0.15, 0.2) is 39.0 Å². The second kappa shape index (κ2) is 5.54. The molecule has 0 fully saturated rings. The van der Waals surface area contributed by atoms with Gasteiger partial charge in [-0.3, -0.25) is 0 Å². The van der Waals surface area contributed by atoms with E-state index in [2.05, 4.69) is 15.9 Å². The number of halogens is 2. The number of nitrogens with two attached hydrogens (primary N) is 1. The zero-order valence-corrected chi connectivity index (χ0v) is 13.9. The standard InChI is InChI=1S/C12H11BrClNO2S2/c1-19(16,17)8-4-2-7(3-5-8)11(15)10-6-9(14)12(13)18-10/h2-6,11H,15H2,1H3. The lowest BCUT2D eigenvalue weighted by Crippen LogP contribution is -2.10. The first-order valence-electron chi connectivity index (χ1n) is 5.29. The molecule has 7 heteroatoms. The summed E-state index contributed by atoms with van der Waals surface area (Å²) in [5.41, 5.74) is 6.98. The van der Waals surface area contributed by atoms with Crippen LogP contribution in [0.4, 0.5) is 0 Å². The highest BCUT2D eigenvalue weighted by Crippen LogP contribution is 2.36. The highest BCUT2D eigenvalue weighted by atomic mass is 79.9. The third kappa shape index (κ3) is 3.38. The van der Waals surface area contributed by atoms with Crippen LogP contribution in [0.3, 0.4) is 0 Å². The molecular formula is C12H11BrClNO2S2. The van der Waals surface area contributed by atoms with E-state index in [9.17, 15) is 8.42 Å². The zero-order valence-electron chi connectivity index (χ0n) is 9.93. The minimum atomic E-state index is -3.18. The molecule has 0 aliphatic heterocycles. The Morgan fingerprint density at radius 1 is 1.32 bits per heavy atom. The molecule has 1 atom stereocenters. The fourth-order valence-electron chi connectivity index (χ4n) is 1.60. The molecule has 0 aliphatic carbocycles. The number of rotatable bonds is 3. The number of hydrogen-bond donors (Lipinski definition) is 1. The maximum atomic E-state index is 11.4. The van der Waals surface area contributed by atoms with E-state index in [0.717, 1.165) is 14.2 Å². The van der Waals surface area contributed by atoms with Gasteiger partial charge in [0.05, 0.1) is 19.7 Å². The predicted molar refractivity (Wildman–Crippen MR) is 82.6 cm³/mol. The van der Waals surface area contributed by atoms with Crippen molar-refractivity contribution in [2.75, 3.05) is 6.26 Å². The summed E-state index contributed by atoms with van der Waals surface area (Å²) in [5, 5.41) is 0.628. The molecule has 3 nitrogen and oxygen atoms in total. The van der Waals surface area contributed by atoms with Gasteiger partial charge in [-0.1, -0.05) is 23.7 Å². The Morgan fingerprint density at radius 2 is 1.89 bits per heavy atom. The summed E-state index contributed by atoms with van der Waals surface area (Å²) in [4.78, 5) is 1.21. The first-order chi connectivity index (χ1) is 8.79. The molecule has 1 heterocycles. The second-order valence-corrected chi connectivity index (χ2v) is 8.91. The molecule has 0 aliphatic rings. The zero-order chi connectivity index (χ0) is 14.2. The smallest absolute Gasteiger partial charge is 0.175 e. The van der Waals surface area contributed by atoms with E-state index >= 15 is 0 Å². The highest BCUT2D eigenvalue weighted by molar-refractivity contribution is 9.11. The first-order valence-corrected chi connectivity index (χ1v) is 9.17. The number of hydrogen-bond acceptors (Lipinski definition) is 4. The summed E-state index contributed by atoms with van der Waals surface area (Å²) in [5.74, 6) is 0. The Morgan fingerprint density at radius 3 is 2.32 bits per heavy atom. The van der Waals surface area contributed by atoms with Gasteiger partial charge >= 0.3 is 0 Å². The Hall–Kier alpha value is -0.400. The van der Waals surface area contributed by atoms with E-state index in [-0.39, 0.29) is 10.9 Å². The molecule has 1 unspecified atom stereocenters. The van der Waals surface area contributed by atoms with Gasteiger partial charge < -0.3 is 5.73 Å². The largest absolute Gasteiger partial charge is 0.320 e. The number of benzene rings is 1. The first kappa shape index (κ1) is 15.0. The summed E-state index contributed by atoms with van der Waals surface area (Å²) >= 11 is 10.8. The molecule has 1 aromatic carbocycles. The Labute approximate surface area is 129 Å². The van der Waals surface area contributed by atoms with Gasteiger partial charge in [-0.2, -0.15) is 0 Å². The van der Waals surface area contributed by atoms with E-state index in [1.54, 1.807) is 24.3 Å². The van der Waals surface area contributed by atoms with Crippen LogP contribution >= 0.6 is 38.9 Å². The van der Waals surface area contributed by atoms with E-state index in [0.29, 0.717) is 5.02 Å². The van der Waals surface area contributed by atoms with Gasteiger partial charge in [-0.15, -0.1) is 11.3 Å². The van der Waals surface area contributed by atoms with E-state index in [1.165, 1.54) is 17.6 Å². The summed E-state index contributed by atoms with van der Waals surface area (Å²) < 4.78 is 23.6. The molecule has 0 saturated carbocycles. The van der Waals surface area contributed by atoms with Gasteiger partial charge in [-0.25, -0.2) is 8.42 Å². The molecule has 0 radical (unpaired) electrons. The topological polar surface area (TPSA) is 60.2 Å². The van der Waals surface area contributed by atoms with Crippen LogP contribution in [0.2, 0.25) is 5.02 Å². The molecular weight excluding hydrogens is 370 g/mol. The fraction of sp³-hybridized carbons (Fsp3) is 0.167. The molecule has 1 aromatic heterocycles. The Kier molecular flexibility index (Phi) is 4.37. The lowest BCUT2D eigenvalue weighted by atomic mass is 10.1. The molecule has 0 amide bonds. The van der Waals surface area contributed by atoms with Crippen molar-refractivity contribution in [2.45, 2.75) is 10.9 Å². The van der Waals surface area contributed by atoms with Gasteiger partial charge in [0.1, 0.15) is 0 Å². The van der Waals surface area contributed by atoms with Crippen molar-refractivity contribution < 1.29 is 8.42 Å². The van der Waals surface area contributed by atoms with Crippen LogP contribution < -0.4 is 5.73 Å². The maximum absolute atomic E-state index is 11.4. The van der Waals surface area contributed by atoms with Crippen molar-refractivity contribution in [3.8, 4) is 0 Å². The molecule has 0 spiro atoms. The summed E-state index contributed by atoms with van der Waals surface area (Å²) in [6, 6.07) is 8.07. The molecule has 0 saturated heterocycles. The Bertz CT molecular complexity index is 676. The van der Waals surface area contributed by atoms with E-state index < -0.39 is 9.84 Å². The fourth-order valence-corrected chi connectivity index (χ4v) is 4.01. The third-order valence-corrected chi connectivity index (χ3v) is 6.32. The average molecular weight is 381 g/mol. The predicted octanol–water partition coefficient (Wildman–Crippen LogP) is 3.62. The minimum absolute atomic E-state index is 0.286. The SMILES string of the molecule is CS(=O)(=O)c1ccc(C(N)c2cc(Cl)c(Br)s2)cc1. The normalized spacial score (nSPS) is 13.5. The maximum Gasteiger partial charge on any atom is 0.175 e. The lowest BCUT2D eigenvalue weighted by Gasteiger charge is -2.10. The van der Waals surface area contributed by atoms with E-state index in [1.807, 2.05) is 6.07 Å². The Balaban J connectivity index is 2.32. The van der Waals surface area contributed by atoms with Crippen molar-refractivity contribution in [3.63, 3.8) is 0 Å². The third-order valence-electron chi connectivity index (χ3n) is 2.64. The van der Waals surface area contributed by atoms with Crippen molar-refractivity contribution >= 4 is 48.7 Å². The van der Waals surface area contributed by atoms with Crippen LogP contribution in [-0.2, 0) is 9.84 Å². The van der Waals surface area contributed by atoms with Crippen LogP contribution in [-0.4, -0.2) is 14.7 Å². The van der Waals surface area contributed by atoms with Crippen LogP contribution in [0.1, 0.15) is 16.5 Å². The van der Waals surface area contributed by atoms with Crippen molar-refractivity contribution in [1.29, 1.82) is 0 Å². The molecule has 2 rings (SSSR count). The highest BCUT2D eigenvalue weighted by Gasteiger charge is 2.15. The summed E-state index contributed by atoms with van der Waals surface area (Å²) in [7, 11) is -3.18. The van der Waals surface area contributed by atoms with Gasteiger partial charge in [0.2, 0.25) is 0 Å². The van der Waals surface area contributed by atoms with Gasteiger partial charge in [0, 0.05) is 11.1 Å². The van der Waals surface area contributed by atoms with Crippen LogP contribution in [0.25, 0.3) is 0 Å². The van der Waals surface area contributed by atoms with Crippen molar-refractivity contribution in [1.82, 2.24) is 0 Å². The van der Waals surface area contributed by atoms with Gasteiger partial charge in [-0.05, 0) is 39.7 Å². The number of thiophene rings is 1. The van der Waals surface area contributed by atoms with Crippen LogP contribution in [0.5, 0.6) is 0 Å². The average Bonchev–Trinajstić information content (AvgIpc) is 2.68. The molecule has 19 heavy (non-hydrogen) atoms. The lowest BCUT2D eigenvalue weighted by molar-refractivity contribution is 0.602. The van der Waals surface area contributed by atoms with E-state index in [4.69, 9.17) is 17.3 Å². The summed E-state index contributed by atoms with van der Waals surface area (Å²) in [6.07, 6.45) is 1.18. The molecule has 102 valence electrons. The molecule has 0 bridgehead atoms. The van der Waals surface area contributed by atoms with Gasteiger partial charge in [0.25, 0.3) is 0 Å². The van der Waals surface area contributed by atoms with Crippen molar-refractivity contribution in [3.05, 3.63) is 49.6 Å². The van der Waals surface area contributed by atoms with Crippen LogP contribution in [0, 0.1) is 0 Å². The minimum Gasteiger partial charge on any atom is -0.320 e. The number of sulfone groups is 1. The second-order valence-electron chi connectivity index (χ2n) is 4.09. The van der Waals surface area contributed by atoms with Crippen molar-refractivity contribution in [2.24, 2.45) is 5.73 Å². The monoisotopic (exact) mass is 379 g/mol.